The van der Waals surface area contributed by atoms with Crippen molar-refractivity contribution in [2.75, 3.05) is 0 Å². The number of carbonyl (C=O) groups excluding carboxylic acids is 3. The van der Waals surface area contributed by atoms with Gasteiger partial charge in [-0.15, -0.1) is 0 Å². The molecule has 4 bridgehead atoms. The van der Waals surface area contributed by atoms with Crippen LogP contribution in [0.15, 0.2) is 12.2 Å². The lowest BCUT2D eigenvalue weighted by Crippen LogP contribution is -2.56. The molecule has 3 aliphatic carbocycles. The molecule has 0 unspecified atom stereocenters. The van der Waals surface area contributed by atoms with Crippen molar-refractivity contribution in [2.24, 2.45) is 28.6 Å². The van der Waals surface area contributed by atoms with E-state index in [1.54, 1.807) is 0 Å². The first-order valence-electron chi connectivity index (χ1n) is 10.0. The Hall–Kier alpha value is -1.85. The fourth-order valence-electron chi connectivity index (χ4n) is 5.85. The predicted molar refractivity (Wildman–Crippen MR) is 97.4 cm³/mol. The molecule has 0 radical (unpaired) electrons. The summed E-state index contributed by atoms with van der Waals surface area (Å²) in [6.45, 7) is 14.0. The van der Waals surface area contributed by atoms with Crippen LogP contribution in [0.3, 0.4) is 0 Å². The average molecular weight is 379 g/mol. The zero-order valence-electron chi connectivity index (χ0n) is 17.9. The summed E-state index contributed by atoms with van der Waals surface area (Å²) in [6.07, 6.45) is -2.34. The molecule has 0 aromatic carbocycles. The van der Waals surface area contributed by atoms with Crippen LogP contribution in [-0.2, 0) is 28.6 Å². The monoisotopic (exact) mass is 379 g/mol. The van der Waals surface area contributed by atoms with Gasteiger partial charge in [0.05, 0.1) is 0 Å². The van der Waals surface area contributed by atoms with Crippen molar-refractivity contribution < 1.29 is 30.0 Å². The maximum Gasteiger partial charge on any atom is 0.303 e. The van der Waals surface area contributed by atoms with Gasteiger partial charge in [0.2, 0.25) is 0 Å². The largest absolute Gasteiger partial charge is 0.458 e. The Balaban J connectivity index is 2.24. The minimum Gasteiger partial charge on any atom is -0.458 e. The quantitative estimate of drug-likeness (QED) is 0.426. The second-order valence-corrected chi connectivity index (χ2v) is 8.99. The molecular formula is C21H30O6. The van der Waals surface area contributed by atoms with Crippen LogP contribution in [0, 0.1) is 28.6 Å². The van der Waals surface area contributed by atoms with E-state index in [0.29, 0.717) is 6.42 Å². The van der Waals surface area contributed by atoms with Gasteiger partial charge in [-0.3, -0.25) is 14.4 Å². The van der Waals surface area contributed by atoms with Crippen LogP contribution < -0.4 is 0 Å². The molecule has 0 aromatic heterocycles. The Morgan fingerprint density at radius 1 is 1.00 bits per heavy atom. The van der Waals surface area contributed by atoms with E-state index in [9.17, 15) is 14.4 Å². The van der Waals surface area contributed by atoms with Gasteiger partial charge in [-0.25, -0.2) is 0 Å². The molecule has 3 saturated carbocycles. The van der Waals surface area contributed by atoms with Gasteiger partial charge in [0.1, 0.15) is 12.2 Å². The third-order valence-electron chi connectivity index (χ3n) is 6.88. The van der Waals surface area contributed by atoms with Crippen molar-refractivity contribution in [1.29, 1.82) is 0 Å². The van der Waals surface area contributed by atoms with E-state index in [1.165, 1.54) is 20.8 Å². The Labute approximate surface area is 162 Å². The molecule has 0 amide bonds. The van der Waals surface area contributed by atoms with Gasteiger partial charge in [-0.05, 0) is 30.6 Å². The minimum atomic E-state index is -0.946. The summed E-state index contributed by atoms with van der Waals surface area (Å²) >= 11 is 0. The Morgan fingerprint density at radius 2 is 1.52 bits per heavy atom. The summed E-state index contributed by atoms with van der Waals surface area (Å²) in [4.78, 5) is 35.9. The molecule has 6 heteroatoms. The van der Waals surface area contributed by atoms with Crippen LogP contribution >= 0.6 is 0 Å². The highest BCUT2D eigenvalue weighted by molar-refractivity contribution is 5.68. The number of allylic oxidation sites excluding steroid dienone is 1. The van der Waals surface area contributed by atoms with E-state index in [2.05, 4.69) is 6.58 Å². The van der Waals surface area contributed by atoms with Gasteiger partial charge < -0.3 is 14.2 Å². The minimum absolute atomic E-state index is 0.0741. The van der Waals surface area contributed by atoms with E-state index in [-0.39, 0.29) is 17.8 Å². The van der Waals surface area contributed by atoms with Crippen LogP contribution in [0.5, 0.6) is 0 Å². The Bertz CT molecular complexity index is 730. The number of ether oxygens (including phenoxy) is 3. The van der Waals surface area contributed by atoms with Crippen molar-refractivity contribution in [3.05, 3.63) is 12.2 Å². The highest BCUT2D eigenvalue weighted by atomic mass is 16.6. The summed E-state index contributed by atoms with van der Waals surface area (Å²) in [5, 5.41) is 0. The molecule has 3 fully saturated rings. The number of hydrogen-bond acceptors (Lipinski definition) is 6. The second kappa shape index (κ2) is 6.35. The van der Waals surface area contributed by atoms with Crippen molar-refractivity contribution in [3.63, 3.8) is 0 Å². The smallest absolute Gasteiger partial charge is 0.303 e. The fourth-order valence-corrected chi connectivity index (χ4v) is 5.85. The SMILES string of the molecule is [2H][C@H]1[C@@H]2[C@@H]3C(=C)C[C@H]1[C@]3(C)[C@H](OC(C)=O)[C@H](OC(C)=O)[C@@H](OC(C)=O)C2(C)C. The molecule has 150 valence electrons. The topological polar surface area (TPSA) is 78.9 Å². The molecule has 6 nitrogen and oxygen atoms in total. The summed E-state index contributed by atoms with van der Waals surface area (Å²) in [5.74, 6) is -1.87. The van der Waals surface area contributed by atoms with E-state index >= 15 is 0 Å². The molecule has 0 aliphatic heterocycles. The third-order valence-corrected chi connectivity index (χ3v) is 6.88. The Morgan fingerprint density at radius 3 is 2.04 bits per heavy atom. The highest BCUT2D eigenvalue weighted by Crippen LogP contribution is 2.71. The maximum absolute atomic E-state index is 12.0. The lowest BCUT2D eigenvalue weighted by molar-refractivity contribution is -0.206. The summed E-state index contributed by atoms with van der Waals surface area (Å²) in [7, 11) is 0. The summed E-state index contributed by atoms with van der Waals surface area (Å²) < 4.78 is 26.0. The van der Waals surface area contributed by atoms with Crippen LogP contribution in [0.25, 0.3) is 0 Å². The van der Waals surface area contributed by atoms with E-state index in [4.69, 9.17) is 15.6 Å². The van der Waals surface area contributed by atoms with Gasteiger partial charge in [-0.1, -0.05) is 32.9 Å². The van der Waals surface area contributed by atoms with Crippen molar-refractivity contribution in [3.8, 4) is 0 Å². The average Bonchev–Trinajstić information content (AvgIpc) is 2.90. The number of esters is 3. The summed E-state index contributed by atoms with van der Waals surface area (Å²) in [6, 6.07) is 0. The van der Waals surface area contributed by atoms with Crippen molar-refractivity contribution in [1.82, 2.24) is 0 Å². The molecule has 27 heavy (non-hydrogen) atoms. The maximum atomic E-state index is 12.0. The number of carbonyl (C=O) groups is 3. The lowest BCUT2D eigenvalue weighted by Gasteiger charge is -2.45. The molecule has 0 heterocycles. The summed E-state index contributed by atoms with van der Waals surface area (Å²) in [5.41, 5.74) is -0.278. The van der Waals surface area contributed by atoms with Crippen molar-refractivity contribution >= 4 is 17.9 Å². The normalized spacial score (nSPS) is 44.9. The van der Waals surface area contributed by atoms with Crippen LogP contribution in [0.2, 0.25) is 0 Å². The first-order chi connectivity index (χ1) is 12.8. The second-order valence-electron chi connectivity index (χ2n) is 8.99. The van der Waals surface area contributed by atoms with Gasteiger partial charge in [0.15, 0.2) is 6.10 Å². The van der Waals surface area contributed by atoms with E-state index in [0.717, 1.165) is 5.57 Å². The molecule has 3 aliphatic rings. The first kappa shape index (κ1) is 18.5. The van der Waals surface area contributed by atoms with Crippen LogP contribution in [-0.4, -0.2) is 36.2 Å². The van der Waals surface area contributed by atoms with Gasteiger partial charge in [0, 0.05) is 33.0 Å². The molecule has 0 spiro atoms. The zero-order chi connectivity index (χ0) is 21.2. The van der Waals surface area contributed by atoms with Crippen LogP contribution in [0.1, 0.15) is 55.7 Å². The number of rotatable bonds is 3. The molecular weight excluding hydrogens is 348 g/mol. The first-order valence-corrected chi connectivity index (χ1v) is 9.45. The number of hydrogen-bond donors (Lipinski definition) is 0. The van der Waals surface area contributed by atoms with E-state index in [1.807, 2.05) is 20.8 Å². The third kappa shape index (κ3) is 2.88. The standard InChI is InChI=1S/C21H30O6/c1-10-8-14-9-15-16(10)21(14,7)19(27-13(4)24)17(25-11(2)22)18(20(15,5)6)26-12(3)23/h14-19H,1,8-9H2,2-7H3/t14-,15-,16+,17-,18-,19-,21+/m1/s1/i9D/t9-,14-,15-,16+,17-,18-,19-,21+. The lowest BCUT2D eigenvalue weighted by atomic mass is 9.66. The highest BCUT2D eigenvalue weighted by Gasteiger charge is 2.71. The van der Waals surface area contributed by atoms with Crippen molar-refractivity contribution in [2.45, 2.75) is 72.7 Å². The molecule has 0 aromatic rings. The van der Waals surface area contributed by atoms with Gasteiger partial charge in [0.25, 0.3) is 0 Å². The molecule has 8 atom stereocenters. The Kier molecular flexibility index (Phi) is 4.35. The zero-order valence-corrected chi connectivity index (χ0v) is 16.9. The van der Waals surface area contributed by atoms with Crippen LogP contribution in [0.4, 0.5) is 0 Å². The van der Waals surface area contributed by atoms with Gasteiger partial charge in [-0.2, -0.15) is 0 Å². The molecule has 0 N–H and O–H groups in total. The van der Waals surface area contributed by atoms with Gasteiger partial charge >= 0.3 is 17.9 Å². The molecule has 3 rings (SSSR count). The van der Waals surface area contributed by atoms with E-state index < -0.39 is 53.4 Å². The molecule has 0 saturated heterocycles. The predicted octanol–water partition coefficient (Wildman–Crippen LogP) is 3.04. The fraction of sp³-hybridized carbons (Fsp3) is 0.762.